The highest BCUT2D eigenvalue weighted by Crippen LogP contribution is 2.44. The minimum absolute atomic E-state index is 0.128. The zero-order valence-corrected chi connectivity index (χ0v) is 21.4. The fraction of sp³-hybridized carbons (Fsp3) is 0.552. The Morgan fingerprint density at radius 1 is 0.939 bits per heavy atom. The molecule has 182 valence electrons. The molecule has 4 heteroatoms. The number of unbranched alkanes of at least 4 members (excludes halogenated alkanes) is 3. The van der Waals surface area contributed by atoms with Crippen LogP contribution in [0.2, 0.25) is 0 Å². The fourth-order valence-electron chi connectivity index (χ4n) is 4.37. The third-order valence-corrected chi connectivity index (χ3v) is 6.66. The maximum absolute atomic E-state index is 12.1. The van der Waals surface area contributed by atoms with E-state index in [-0.39, 0.29) is 22.5 Å². The van der Waals surface area contributed by atoms with Gasteiger partial charge in [0.05, 0.1) is 13.7 Å². The van der Waals surface area contributed by atoms with Gasteiger partial charge in [-0.1, -0.05) is 84.2 Å². The molecule has 0 heterocycles. The van der Waals surface area contributed by atoms with E-state index in [1.54, 1.807) is 7.11 Å². The van der Waals surface area contributed by atoms with Crippen LogP contribution in [0.15, 0.2) is 42.5 Å². The SMILES string of the molecule is CCCCCCOC(=O)CCCC(C)(C)c1cc(O)c(C(C)(C)c2ccccc2)cc1OC. The van der Waals surface area contributed by atoms with Crippen molar-refractivity contribution in [3.05, 3.63) is 59.2 Å². The van der Waals surface area contributed by atoms with Crippen molar-refractivity contribution in [3.8, 4) is 11.5 Å². The first-order chi connectivity index (χ1) is 15.6. The van der Waals surface area contributed by atoms with Crippen LogP contribution in [0.5, 0.6) is 11.5 Å². The lowest BCUT2D eigenvalue weighted by Crippen LogP contribution is -2.22. The van der Waals surface area contributed by atoms with Crippen molar-refractivity contribution in [3.63, 3.8) is 0 Å². The highest BCUT2D eigenvalue weighted by molar-refractivity contribution is 5.69. The smallest absolute Gasteiger partial charge is 0.305 e. The molecule has 0 aliphatic carbocycles. The predicted molar refractivity (Wildman–Crippen MR) is 135 cm³/mol. The first-order valence-corrected chi connectivity index (χ1v) is 12.3. The van der Waals surface area contributed by atoms with E-state index in [9.17, 15) is 9.90 Å². The molecular weight excluding hydrogens is 412 g/mol. The number of hydrogen-bond donors (Lipinski definition) is 1. The predicted octanol–water partition coefficient (Wildman–Crippen LogP) is 7.30. The topological polar surface area (TPSA) is 55.8 Å². The van der Waals surface area contributed by atoms with Gasteiger partial charge in [0.2, 0.25) is 0 Å². The number of hydrogen-bond acceptors (Lipinski definition) is 4. The molecule has 2 aromatic rings. The monoisotopic (exact) mass is 454 g/mol. The molecule has 2 rings (SSSR count). The number of rotatable bonds is 13. The number of aromatic hydroxyl groups is 1. The summed E-state index contributed by atoms with van der Waals surface area (Å²) in [7, 11) is 1.67. The second kappa shape index (κ2) is 12.1. The molecule has 0 aliphatic rings. The van der Waals surface area contributed by atoms with E-state index >= 15 is 0 Å². The summed E-state index contributed by atoms with van der Waals surface area (Å²) in [6, 6.07) is 14.0. The van der Waals surface area contributed by atoms with Crippen LogP contribution in [0.4, 0.5) is 0 Å². The molecule has 0 saturated heterocycles. The Bertz CT molecular complexity index is 884. The lowest BCUT2D eigenvalue weighted by molar-refractivity contribution is -0.143. The lowest BCUT2D eigenvalue weighted by atomic mass is 9.74. The molecule has 1 N–H and O–H groups in total. The second-order valence-corrected chi connectivity index (χ2v) is 10.1. The lowest BCUT2D eigenvalue weighted by Gasteiger charge is -2.31. The van der Waals surface area contributed by atoms with Gasteiger partial charge >= 0.3 is 5.97 Å². The molecule has 33 heavy (non-hydrogen) atoms. The van der Waals surface area contributed by atoms with Crippen LogP contribution in [0.1, 0.15) is 96.3 Å². The quantitative estimate of drug-likeness (QED) is 0.255. The van der Waals surface area contributed by atoms with E-state index in [1.165, 1.54) is 12.8 Å². The first-order valence-electron chi connectivity index (χ1n) is 12.3. The molecule has 0 fully saturated rings. The van der Waals surface area contributed by atoms with E-state index in [4.69, 9.17) is 9.47 Å². The molecule has 0 spiro atoms. The van der Waals surface area contributed by atoms with Crippen LogP contribution in [0, 0.1) is 0 Å². The third-order valence-electron chi connectivity index (χ3n) is 6.66. The van der Waals surface area contributed by atoms with Crippen LogP contribution in [0.25, 0.3) is 0 Å². The molecule has 0 atom stereocenters. The van der Waals surface area contributed by atoms with Gasteiger partial charge in [-0.3, -0.25) is 4.79 Å². The number of benzene rings is 2. The average Bonchev–Trinajstić information content (AvgIpc) is 2.79. The van der Waals surface area contributed by atoms with Gasteiger partial charge in [-0.05, 0) is 42.4 Å². The summed E-state index contributed by atoms with van der Waals surface area (Å²) in [5, 5.41) is 11.0. The van der Waals surface area contributed by atoms with Gasteiger partial charge < -0.3 is 14.6 Å². The number of esters is 1. The Hall–Kier alpha value is -2.49. The van der Waals surface area contributed by atoms with Crippen LogP contribution in [-0.2, 0) is 20.4 Å². The van der Waals surface area contributed by atoms with Crippen molar-refractivity contribution in [1.29, 1.82) is 0 Å². The molecule has 0 bridgehead atoms. The molecule has 0 aliphatic heterocycles. The number of carbonyl (C=O) groups excluding carboxylic acids is 1. The summed E-state index contributed by atoms with van der Waals surface area (Å²) in [4.78, 5) is 12.1. The van der Waals surface area contributed by atoms with Gasteiger partial charge in [0.1, 0.15) is 11.5 Å². The standard InChI is InChI=1S/C29H42O4/c1-7-8-9-13-19-33-27(31)17-14-18-28(2,3)24-20-25(30)23(21-26(24)32-6)29(4,5)22-15-11-10-12-16-22/h10-12,15-16,20-21,30H,7-9,13-14,17-19H2,1-6H3. The zero-order chi connectivity index (χ0) is 24.5. The highest BCUT2D eigenvalue weighted by Gasteiger charge is 2.31. The summed E-state index contributed by atoms with van der Waals surface area (Å²) in [6.07, 6.45) is 6.32. The first kappa shape index (κ1) is 26.8. The largest absolute Gasteiger partial charge is 0.508 e. The maximum atomic E-state index is 12.1. The Labute approximate surface area is 200 Å². The van der Waals surface area contributed by atoms with E-state index in [1.807, 2.05) is 30.3 Å². The second-order valence-electron chi connectivity index (χ2n) is 10.1. The van der Waals surface area contributed by atoms with Crippen molar-refractivity contribution in [2.45, 2.75) is 90.4 Å². The molecule has 0 unspecified atom stereocenters. The van der Waals surface area contributed by atoms with Gasteiger partial charge in [-0.2, -0.15) is 0 Å². The maximum Gasteiger partial charge on any atom is 0.305 e. The van der Waals surface area contributed by atoms with Gasteiger partial charge in [0.15, 0.2) is 0 Å². The third kappa shape index (κ3) is 7.25. The molecule has 0 radical (unpaired) electrons. The minimum Gasteiger partial charge on any atom is -0.508 e. The van der Waals surface area contributed by atoms with Crippen molar-refractivity contribution in [2.24, 2.45) is 0 Å². The van der Waals surface area contributed by atoms with Gasteiger partial charge in [-0.25, -0.2) is 0 Å². The van der Waals surface area contributed by atoms with E-state index in [2.05, 4.69) is 46.8 Å². The summed E-state index contributed by atoms with van der Waals surface area (Å²) < 4.78 is 11.1. The average molecular weight is 455 g/mol. The summed E-state index contributed by atoms with van der Waals surface area (Å²) in [5.41, 5.74) is 2.27. The molecule has 2 aromatic carbocycles. The van der Waals surface area contributed by atoms with Crippen molar-refractivity contribution < 1.29 is 19.4 Å². The summed E-state index contributed by atoms with van der Waals surface area (Å²) >= 11 is 0. The number of carbonyl (C=O) groups is 1. The number of phenols is 1. The molecule has 0 aromatic heterocycles. The van der Waals surface area contributed by atoms with E-state index in [0.717, 1.165) is 48.1 Å². The van der Waals surface area contributed by atoms with Crippen LogP contribution < -0.4 is 4.74 Å². The van der Waals surface area contributed by atoms with Crippen molar-refractivity contribution in [2.75, 3.05) is 13.7 Å². The van der Waals surface area contributed by atoms with E-state index < -0.39 is 0 Å². The normalized spacial score (nSPS) is 11.9. The number of phenolic OH excluding ortho intramolecular Hbond substituents is 1. The van der Waals surface area contributed by atoms with Crippen LogP contribution >= 0.6 is 0 Å². The Morgan fingerprint density at radius 3 is 2.27 bits per heavy atom. The van der Waals surface area contributed by atoms with E-state index in [0.29, 0.717) is 13.0 Å². The van der Waals surface area contributed by atoms with Gasteiger partial charge in [0, 0.05) is 23.0 Å². The molecule has 0 saturated carbocycles. The number of ether oxygens (including phenoxy) is 2. The Balaban J connectivity index is 2.09. The highest BCUT2D eigenvalue weighted by atomic mass is 16.5. The Morgan fingerprint density at radius 2 is 1.64 bits per heavy atom. The summed E-state index contributed by atoms with van der Waals surface area (Å²) in [6.45, 7) is 11.2. The van der Waals surface area contributed by atoms with Crippen molar-refractivity contribution in [1.82, 2.24) is 0 Å². The van der Waals surface area contributed by atoms with Crippen LogP contribution in [-0.4, -0.2) is 24.8 Å². The fourth-order valence-corrected chi connectivity index (χ4v) is 4.37. The Kier molecular flexibility index (Phi) is 9.82. The minimum atomic E-state index is -0.373. The van der Waals surface area contributed by atoms with Crippen LogP contribution in [0.3, 0.4) is 0 Å². The number of methoxy groups -OCH3 is 1. The molecule has 4 nitrogen and oxygen atoms in total. The zero-order valence-electron chi connectivity index (χ0n) is 21.4. The summed E-state index contributed by atoms with van der Waals surface area (Å²) in [5.74, 6) is 0.895. The molecular formula is C29H42O4. The van der Waals surface area contributed by atoms with Gasteiger partial charge in [0.25, 0.3) is 0 Å². The van der Waals surface area contributed by atoms with Gasteiger partial charge in [-0.15, -0.1) is 0 Å². The molecule has 0 amide bonds. The van der Waals surface area contributed by atoms with Crippen molar-refractivity contribution >= 4 is 5.97 Å².